The molecule has 1 heterocycles. The minimum atomic E-state index is -4.39. The standard InChI is InChI=1S/C12H11BrF3N3/c1-7(8-5-17-18-6-8)19-11-4-9(13)2-3-10(11)12(14,15)16/h2-7,19H,1H3,(H,17,18). The van der Waals surface area contributed by atoms with Gasteiger partial charge in [0.05, 0.1) is 17.8 Å². The number of alkyl halides is 3. The number of halogens is 4. The summed E-state index contributed by atoms with van der Waals surface area (Å²) >= 11 is 3.18. The average Bonchev–Trinajstić information content (AvgIpc) is 2.80. The van der Waals surface area contributed by atoms with E-state index in [0.29, 0.717) is 4.47 Å². The molecule has 2 N–H and O–H groups in total. The Kier molecular flexibility index (Phi) is 3.84. The maximum absolute atomic E-state index is 12.9. The molecule has 0 fully saturated rings. The first-order valence-corrected chi connectivity index (χ1v) is 6.29. The van der Waals surface area contributed by atoms with Crippen molar-refractivity contribution < 1.29 is 13.2 Å². The number of hydrogen-bond donors (Lipinski definition) is 2. The van der Waals surface area contributed by atoms with Gasteiger partial charge in [0.25, 0.3) is 0 Å². The number of nitrogens with zero attached hydrogens (tertiary/aromatic N) is 1. The molecule has 19 heavy (non-hydrogen) atoms. The van der Waals surface area contributed by atoms with Gasteiger partial charge in [-0.05, 0) is 25.1 Å². The molecule has 0 aliphatic carbocycles. The molecule has 1 aromatic heterocycles. The fraction of sp³-hybridized carbons (Fsp3) is 0.250. The zero-order valence-corrected chi connectivity index (χ0v) is 11.5. The normalized spacial score (nSPS) is 13.3. The lowest BCUT2D eigenvalue weighted by Crippen LogP contribution is -2.13. The zero-order chi connectivity index (χ0) is 14.0. The molecular weight excluding hydrogens is 323 g/mol. The lowest BCUT2D eigenvalue weighted by atomic mass is 10.1. The second-order valence-corrected chi connectivity index (χ2v) is 5.00. The van der Waals surface area contributed by atoms with Crippen LogP contribution in [0.1, 0.15) is 24.1 Å². The summed E-state index contributed by atoms with van der Waals surface area (Å²) in [4.78, 5) is 0. The molecule has 1 atom stereocenters. The Hall–Kier alpha value is -1.50. The Labute approximate surface area is 116 Å². The van der Waals surface area contributed by atoms with E-state index in [1.807, 2.05) is 0 Å². The van der Waals surface area contributed by atoms with Crippen LogP contribution in [-0.4, -0.2) is 10.2 Å². The maximum Gasteiger partial charge on any atom is 0.418 e. The topological polar surface area (TPSA) is 40.7 Å². The van der Waals surface area contributed by atoms with Crippen LogP contribution >= 0.6 is 15.9 Å². The quantitative estimate of drug-likeness (QED) is 0.875. The van der Waals surface area contributed by atoms with Crippen molar-refractivity contribution in [3.63, 3.8) is 0 Å². The molecule has 2 aromatic rings. The highest BCUT2D eigenvalue weighted by Crippen LogP contribution is 2.37. The number of nitrogens with one attached hydrogen (secondary N) is 2. The molecule has 0 radical (unpaired) electrons. The van der Waals surface area contributed by atoms with Crippen LogP contribution in [0.4, 0.5) is 18.9 Å². The molecule has 102 valence electrons. The molecule has 1 unspecified atom stereocenters. The molecule has 0 aliphatic rings. The third kappa shape index (κ3) is 3.28. The number of anilines is 1. The van der Waals surface area contributed by atoms with Crippen LogP contribution in [0.15, 0.2) is 35.1 Å². The molecule has 0 amide bonds. The van der Waals surface area contributed by atoms with Gasteiger partial charge in [-0.25, -0.2) is 0 Å². The highest BCUT2D eigenvalue weighted by atomic mass is 79.9. The Morgan fingerprint density at radius 1 is 1.37 bits per heavy atom. The predicted octanol–water partition coefficient (Wildman–Crippen LogP) is 4.36. The van der Waals surface area contributed by atoms with Gasteiger partial charge in [0, 0.05) is 21.9 Å². The van der Waals surface area contributed by atoms with Crippen LogP contribution in [0, 0.1) is 0 Å². The summed E-state index contributed by atoms with van der Waals surface area (Å²) in [5.74, 6) is 0. The van der Waals surface area contributed by atoms with Crippen molar-refractivity contribution in [2.45, 2.75) is 19.1 Å². The molecule has 7 heteroatoms. The summed E-state index contributed by atoms with van der Waals surface area (Å²) in [5, 5.41) is 9.26. The van der Waals surface area contributed by atoms with Gasteiger partial charge in [0.2, 0.25) is 0 Å². The van der Waals surface area contributed by atoms with E-state index in [-0.39, 0.29) is 11.7 Å². The van der Waals surface area contributed by atoms with Gasteiger partial charge in [-0.3, -0.25) is 5.10 Å². The second-order valence-electron chi connectivity index (χ2n) is 4.09. The first-order valence-electron chi connectivity index (χ1n) is 5.50. The molecular formula is C12H11BrF3N3. The SMILES string of the molecule is CC(Nc1cc(Br)ccc1C(F)(F)F)c1cn[nH]c1. The van der Waals surface area contributed by atoms with Crippen molar-refractivity contribution in [1.82, 2.24) is 10.2 Å². The van der Waals surface area contributed by atoms with Crippen LogP contribution < -0.4 is 5.32 Å². The molecule has 0 saturated heterocycles. The number of aromatic nitrogens is 2. The summed E-state index contributed by atoms with van der Waals surface area (Å²) < 4.78 is 39.3. The Morgan fingerprint density at radius 3 is 2.68 bits per heavy atom. The molecule has 1 aromatic carbocycles. The summed E-state index contributed by atoms with van der Waals surface area (Å²) in [6.07, 6.45) is -1.18. The fourth-order valence-electron chi connectivity index (χ4n) is 1.70. The molecule has 0 bridgehead atoms. The summed E-state index contributed by atoms with van der Waals surface area (Å²) in [7, 11) is 0. The second kappa shape index (κ2) is 5.24. The highest BCUT2D eigenvalue weighted by molar-refractivity contribution is 9.10. The van der Waals surface area contributed by atoms with Crippen molar-refractivity contribution >= 4 is 21.6 Å². The minimum absolute atomic E-state index is 0.0376. The number of aromatic amines is 1. The van der Waals surface area contributed by atoms with Gasteiger partial charge in [0.1, 0.15) is 0 Å². The van der Waals surface area contributed by atoms with E-state index in [2.05, 4.69) is 31.4 Å². The third-order valence-corrected chi connectivity index (χ3v) is 3.17. The van der Waals surface area contributed by atoms with E-state index in [9.17, 15) is 13.2 Å². The lowest BCUT2D eigenvalue weighted by Gasteiger charge is -2.18. The van der Waals surface area contributed by atoms with Crippen LogP contribution in [0.2, 0.25) is 0 Å². The number of H-pyrrole nitrogens is 1. The van der Waals surface area contributed by atoms with Gasteiger partial charge >= 0.3 is 6.18 Å². The van der Waals surface area contributed by atoms with Crippen molar-refractivity contribution in [1.29, 1.82) is 0 Å². The van der Waals surface area contributed by atoms with Crippen LogP contribution in [-0.2, 0) is 6.18 Å². The Balaban J connectivity index is 2.31. The van der Waals surface area contributed by atoms with Gasteiger partial charge < -0.3 is 5.32 Å². The lowest BCUT2D eigenvalue weighted by molar-refractivity contribution is -0.137. The van der Waals surface area contributed by atoms with Gasteiger partial charge in [-0.2, -0.15) is 18.3 Å². The van der Waals surface area contributed by atoms with Gasteiger partial charge in [-0.15, -0.1) is 0 Å². The first-order chi connectivity index (χ1) is 8.88. The van der Waals surface area contributed by atoms with E-state index in [0.717, 1.165) is 11.6 Å². The number of rotatable bonds is 3. The molecule has 0 saturated carbocycles. The Bertz CT molecular complexity index is 552. The maximum atomic E-state index is 12.9. The van der Waals surface area contributed by atoms with Crippen molar-refractivity contribution in [3.05, 3.63) is 46.2 Å². The average molecular weight is 334 g/mol. The van der Waals surface area contributed by atoms with E-state index in [1.54, 1.807) is 19.3 Å². The smallest absolute Gasteiger partial charge is 0.378 e. The van der Waals surface area contributed by atoms with E-state index in [4.69, 9.17) is 0 Å². The summed E-state index contributed by atoms with van der Waals surface area (Å²) in [5.41, 5.74) is 0.134. The van der Waals surface area contributed by atoms with Crippen LogP contribution in [0.5, 0.6) is 0 Å². The third-order valence-electron chi connectivity index (χ3n) is 2.68. The van der Waals surface area contributed by atoms with Gasteiger partial charge in [0.15, 0.2) is 0 Å². The molecule has 3 nitrogen and oxygen atoms in total. The number of hydrogen-bond acceptors (Lipinski definition) is 2. The predicted molar refractivity (Wildman–Crippen MR) is 69.8 cm³/mol. The zero-order valence-electron chi connectivity index (χ0n) is 9.92. The molecule has 0 aliphatic heterocycles. The van der Waals surface area contributed by atoms with Crippen molar-refractivity contribution in [2.24, 2.45) is 0 Å². The largest absolute Gasteiger partial charge is 0.418 e. The first kappa shape index (κ1) is 13.9. The minimum Gasteiger partial charge on any atom is -0.378 e. The van der Waals surface area contributed by atoms with Crippen LogP contribution in [0.25, 0.3) is 0 Å². The number of benzene rings is 1. The van der Waals surface area contributed by atoms with Crippen LogP contribution in [0.3, 0.4) is 0 Å². The Morgan fingerprint density at radius 2 is 2.11 bits per heavy atom. The van der Waals surface area contributed by atoms with Crippen molar-refractivity contribution in [2.75, 3.05) is 5.32 Å². The van der Waals surface area contributed by atoms with Gasteiger partial charge in [-0.1, -0.05) is 15.9 Å². The molecule has 2 rings (SSSR count). The van der Waals surface area contributed by atoms with E-state index in [1.165, 1.54) is 12.1 Å². The summed E-state index contributed by atoms with van der Waals surface area (Å²) in [6.45, 7) is 1.77. The molecule has 0 spiro atoms. The summed E-state index contributed by atoms with van der Waals surface area (Å²) in [6, 6.07) is 3.55. The monoisotopic (exact) mass is 333 g/mol. The van der Waals surface area contributed by atoms with E-state index < -0.39 is 11.7 Å². The van der Waals surface area contributed by atoms with E-state index >= 15 is 0 Å². The van der Waals surface area contributed by atoms with Crippen molar-refractivity contribution in [3.8, 4) is 0 Å². The fourth-order valence-corrected chi connectivity index (χ4v) is 2.06. The highest BCUT2D eigenvalue weighted by Gasteiger charge is 2.33.